The lowest BCUT2D eigenvalue weighted by Gasteiger charge is -2.05. The van der Waals surface area contributed by atoms with Crippen LogP contribution in [0.15, 0.2) is 47.8 Å². The van der Waals surface area contributed by atoms with E-state index >= 15 is 0 Å². The second-order valence-electron chi connectivity index (χ2n) is 5.04. The predicted octanol–water partition coefficient (Wildman–Crippen LogP) is 5.00. The van der Waals surface area contributed by atoms with Gasteiger partial charge in [-0.3, -0.25) is 10.1 Å². The van der Waals surface area contributed by atoms with E-state index in [1.54, 1.807) is 36.6 Å². The molecule has 0 saturated carbocycles. The second-order valence-corrected chi connectivity index (χ2v) is 5.90. The number of thiazole rings is 1. The Bertz CT molecular complexity index is 896. The summed E-state index contributed by atoms with van der Waals surface area (Å²) in [7, 11) is 0. The summed E-state index contributed by atoms with van der Waals surface area (Å²) in [5, 5.41) is 16.7. The van der Waals surface area contributed by atoms with Gasteiger partial charge >= 0.3 is 5.69 Å². The Balaban J connectivity index is 1.85. The molecule has 2 aromatic carbocycles. The van der Waals surface area contributed by atoms with Gasteiger partial charge < -0.3 is 10.1 Å². The van der Waals surface area contributed by atoms with Crippen LogP contribution >= 0.6 is 11.3 Å². The van der Waals surface area contributed by atoms with Gasteiger partial charge in [-0.25, -0.2) is 9.37 Å². The van der Waals surface area contributed by atoms with Crippen LogP contribution < -0.4 is 10.1 Å². The molecule has 25 heavy (non-hydrogen) atoms. The molecule has 1 heterocycles. The summed E-state index contributed by atoms with van der Waals surface area (Å²) in [5.74, 6) is -0.0804. The SMILES string of the molecule is CCOc1ccc(-c2csc(Nc3ccc(F)cc3)n2)cc1[N+](=O)[O-]. The van der Waals surface area contributed by atoms with Crippen molar-refractivity contribution in [3.8, 4) is 17.0 Å². The number of nitro benzene ring substituents is 1. The minimum Gasteiger partial charge on any atom is -0.487 e. The number of benzene rings is 2. The minimum absolute atomic E-state index is 0.0969. The summed E-state index contributed by atoms with van der Waals surface area (Å²) in [6.07, 6.45) is 0. The Morgan fingerprint density at radius 3 is 2.72 bits per heavy atom. The first-order valence-corrected chi connectivity index (χ1v) is 8.34. The number of hydrogen-bond acceptors (Lipinski definition) is 6. The molecule has 0 aliphatic heterocycles. The topological polar surface area (TPSA) is 77.3 Å². The van der Waals surface area contributed by atoms with Crippen molar-refractivity contribution in [2.24, 2.45) is 0 Å². The molecule has 3 aromatic rings. The van der Waals surface area contributed by atoms with Gasteiger partial charge in [0.1, 0.15) is 5.82 Å². The molecule has 0 spiro atoms. The first kappa shape index (κ1) is 16.8. The van der Waals surface area contributed by atoms with Gasteiger partial charge in [0, 0.05) is 22.7 Å². The fourth-order valence-corrected chi connectivity index (χ4v) is 2.96. The van der Waals surface area contributed by atoms with Gasteiger partial charge in [-0.15, -0.1) is 11.3 Å². The third-order valence-corrected chi connectivity index (χ3v) is 4.11. The molecule has 128 valence electrons. The number of nitro groups is 1. The van der Waals surface area contributed by atoms with Crippen LogP contribution in [0.3, 0.4) is 0 Å². The van der Waals surface area contributed by atoms with Gasteiger partial charge in [-0.05, 0) is 43.3 Å². The third-order valence-electron chi connectivity index (χ3n) is 3.35. The lowest BCUT2D eigenvalue weighted by molar-refractivity contribution is -0.385. The van der Waals surface area contributed by atoms with E-state index in [-0.39, 0.29) is 17.3 Å². The summed E-state index contributed by atoms with van der Waals surface area (Å²) in [6, 6.07) is 10.7. The van der Waals surface area contributed by atoms with E-state index < -0.39 is 4.92 Å². The van der Waals surface area contributed by atoms with Crippen LogP contribution in [0.1, 0.15) is 6.92 Å². The van der Waals surface area contributed by atoms with E-state index in [0.29, 0.717) is 28.7 Å². The zero-order valence-electron chi connectivity index (χ0n) is 13.2. The molecule has 0 radical (unpaired) electrons. The molecule has 0 bridgehead atoms. The molecule has 1 N–H and O–H groups in total. The number of nitrogens with one attached hydrogen (secondary N) is 1. The number of anilines is 2. The Hall–Kier alpha value is -3.00. The number of halogens is 1. The highest BCUT2D eigenvalue weighted by molar-refractivity contribution is 7.14. The third kappa shape index (κ3) is 3.92. The molecule has 1 aromatic heterocycles. The minimum atomic E-state index is -0.474. The number of aromatic nitrogens is 1. The molecule has 0 aliphatic carbocycles. The molecular formula is C17H14FN3O3S. The quantitative estimate of drug-likeness (QED) is 0.495. The van der Waals surface area contributed by atoms with Gasteiger partial charge in [0.15, 0.2) is 10.9 Å². The van der Waals surface area contributed by atoms with Crippen molar-refractivity contribution in [2.75, 3.05) is 11.9 Å². The average Bonchev–Trinajstić information content (AvgIpc) is 3.06. The molecule has 0 aliphatic rings. The first-order chi connectivity index (χ1) is 12.1. The second kappa shape index (κ2) is 7.27. The van der Waals surface area contributed by atoms with Crippen molar-refractivity contribution < 1.29 is 14.1 Å². The highest BCUT2D eigenvalue weighted by Crippen LogP contribution is 2.34. The van der Waals surface area contributed by atoms with Crippen LogP contribution in [0.4, 0.5) is 20.9 Å². The van der Waals surface area contributed by atoms with E-state index in [4.69, 9.17) is 4.74 Å². The van der Waals surface area contributed by atoms with Crippen molar-refractivity contribution >= 4 is 27.8 Å². The molecule has 0 unspecified atom stereocenters. The zero-order chi connectivity index (χ0) is 17.8. The fourth-order valence-electron chi connectivity index (χ4n) is 2.22. The monoisotopic (exact) mass is 359 g/mol. The smallest absolute Gasteiger partial charge is 0.311 e. The number of rotatable bonds is 6. The maximum absolute atomic E-state index is 12.9. The van der Waals surface area contributed by atoms with Crippen LogP contribution in [-0.2, 0) is 0 Å². The van der Waals surface area contributed by atoms with E-state index in [1.807, 2.05) is 0 Å². The Kier molecular flexibility index (Phi) is 4.90. The number of hydrogen-bond donors (Lipinski definition) is 1. The van der Waals surface area contributed by atoms with Gasteiger partial charge in [0.25, 0.3) is 0 Å². The standard InChI is InChI=1S/C17H14FN3O3S/c1-2-24-16-8-3-11(9-15(16)21(22)23)14-10-25-17(20-14)19-13-6-4-12(18)5-7-13/h3-10H,2H2,1H3,(H,19,20). The molecule has 6 nitrogen and oxygen atoms in total. The van der Waals surface area contributed by atoms with Crippen molar-refractivity contribution in [3.05, 3.63) is 63.8 Å². The van der Waals surface area contributed by atoms with Crippen molar-refractivity contribution in [1.82, 2.24) is 4.98 Å². The van der Waals surface area contributed by atoms with Gasteiger partial charge in [0.05, 0.1) is 17.2 Å². The van der Waals surface area contributed by atoms with Gasteiger partial charge in [-0.2, -0.15) is 0 Å². The van der Waals surface area contributed by atoms with Crippen LogP contribution in [-0.4, -0.2) is 16.5 Å². The maximum atomic E-state index is 12.9. The van der Waals surface area contributed by atoms with Crippen LogP contribution in [0.2, 0.25) is 0 Å². The predicted molar refractivity (Wildman–Crippen MR) is 95.1 cm³/mol. The fraction of sp³-hybridized carbons (Fsp3) is 0.118. The zero-order valence-corrected chi connectivity index (χ0v) is 14.0. The molecule has 0 saturated heterocycles. The summed E-state index contributed by atoms with van der Waals surface area (Å²) < 4.78 is 18.2. The van der Waals surface area contributed by atoms with Gasteiger partial charge in [0.2, 0.25) is 0 Å². The highest BCUT2D eigenvalue weighted by Gasteiger charge is 2.17. The van der Waals surface area contributed by atoms with Crippen molar-refractivity contribution in [2.45, 2.75) is 6.92 Å². The number of ether oxygens (including phenoxy) is 1. The van der Waals surface area contributed by atoms with Crippen molar-refractivity contribution in [1.29, 1.82) is 0 Å². The highest BCUT2D eigenvalue weighted by atomic mass is 32.1. The Morgan fingerprint density at radius 1 is 1.28 bits per heavy atom. The largest absolute Gasteiger partial charge is 0.487 e. The van der Waals surface area contributed by atoms with Crippen LogP contribution in [0.25, 0.3) is 11.3 Å². The van der Waals surface area contributed by atoms with E-state index in [9.17, 15) is 14.5 Å². The van der Waals surface area contributed by atoms with E-state index in [1.165, 1.54) is 29.5 Å². The van der Waals surface area contributed by atoms with E-state index in [0.717, 1.165) is 0 Å². The summed E-state index contributed by atoms with van der Waals surface area (Å²) >= 11 is 1.36. The molecule has 0 atom stereocenters. The van der Waals surface area contributed by atoms with Crippen molar-refractivity contribution in [3.63, 3.8) is 0 Å². The Labute approximate surface area is 147 Å². The molecule has 0 amide bonds. The molecular weight excluding hydrogens is 345 g/mol. The molecule has 8 heteroatoms. The summed E-state index contributed by atoms with van der Waals surface area (Å²) in [5.41, 5.74) is 1.85. The maximum Gasteiger partial charge on any atom is 0.311 e. The molecule has 3 rings (SSSR count). The van der Waals surface area contributed by atoms with Gasteiger partial charge in [-0.1, -0.05) is 0 Å². The molecule has 0 fully saturated rings. The van der Waals surface area contributed by atoms with E-state index in [2.05, 4.69) is 10.3 Å². The number of nitrogens with zero attached hydrogens (tertiary/aromatic N) is 2. The summed E-state index contributed by atoms with van der Waals surface area (Å²) in [6.45, 7) is 2.12. The van der Waals surface area contributed by atoms with Crippen LogP contribution in [0.5, 0.6) is 5.75 Å². The average molecular weight is 359 g/mol. The normalized spacial score (nSPS) is 10.5. The lowest BCUT2D eigenvalue weighted by Crippen LogP contribution is -1.97. The van der Waals surface area contributed by atoms with Crippen LogP contribution in [0, 0.1) is 15.9 Å². The summed E-state index contributed by atoms with van der Waals surface area (Å²) in [4.78, 5) is 15.2. The Morgan fingerprint density at radius 2 is 2.04 bits per heavy atom. The lowest BCUT2D eigenvalue weighted by atomic mass is 10.1. The first-order valence-electron chi connectivity index (χ1n) is 7.46.